The van der Waals surface area contributed by atoms with Gasteiger partial charge >= 0.3 is 5.63 Å². The van der Waals surface area contributed by atoms with Crippen LogP contribution in [0.15, 0.2) is 57.0 Å². The first kappa shape index (κ1) is 16.7. The van der Waals surface area contributed by atoms with Crippen LogP contribution < -0.4 is 15.9 Å². The highest BCUT2D eigenvalue weighted by molar-refractivity contribution is 5.75. The number of aromatic amines is 1. The van der Waals surface area contributed by atoms with Crippen LogP contribution in [0.25, 0.3) is 16.8 Å². The van der Waals surface area contributed by atoms with Crippen LogP contribution in [-0.2, 0) is 13.0 Å². The summed E-state index contributed by atoms with van der Waals surface area (Å²) in [6.07, 6.45) is 3.53. The van der Waals surface area contributed by atoms with Crippen LogP contribution in [0.5, 0.6) is 6.01 Å². The zero-order chi connectivity index (χ0) is 18.8. The molecule has 0 bridgehead atoms. The van der Waals surface area contributed by atoms with Gasteiger partial charge in [-0.05, 0) is 18.1 Å². The summed E-state index contributed by atoms with van der Waals surface area (Å²) in [7, 11) is 0. The average molecular weight is 365 g/mol. The number of fused-ring (bicyclic) bond motifs is 1. The zero-order valence-corrected chi connectivity index (χ0v) is 14.4. The standard InChI is InChI=1S/C18H15N5O4/c1-2-11-7-14(24)27-17-15(11)16(25)21-18(22-17)26-8-12-5-3-4-6-13(12)23-10-19-9-20-23/h3-7,9-10H,2,8H2,1H3,(H,21,22,25). The second kappa shape index (κ2) is 6.87. The van der Waals surface area contributed by atoms with Crippen LogP contribution in [-0.4, -0.2) is 24.7 Å². The average Bonchev–Trinajstić information content (AvgIpc) is 3.20. The number of nitrogens with one attached hydrogen (secondary N) is 1. The Bertz CT molecular complexity index is 1210. The van der Waals surface area contributed by atoms with Crippen molar-refractivity contribution in [3.63, 3.8) is 0 Å². The Labute approximate surface area is 152 Å². The minimum Gasteiger partial charge on any atom is -0.460 e. The van der Waals surface area contributed by atoms with Crippen molar-refractivity contribution >= 4 is 11.1 Å². The number of aryl methyl sites for hydroxylation is 1. The smallest absolute Gasteiger partial charge is 0.337 e. The SMILES string of the molecule is CCc1cc(=O)oc2nc(OCc3ccccc3-n3cncn3)[nH]c(=O)c12. The van der Waals surface area contributed by atoms with E-state index in [2.05, 4.69) is 20.1 Å². The van der Waals surface area contributed by atoms with Crippen molar-refractivity contribution in [2.45, 2.75) is 20.0 Å². The van der Waals surface area contributed by atoms with E-state index in [0.717, 1.165) is 11.3 Å². The maximum Gasteiger partial charge on any atom is 0.337 e. The Morgan fingerprint density at radius 1 is 1.22 bits per heavy atom. The van der Waals surface area contributed by atoms with Crippen LogP contribution in [0, 0.1) is 0 Å². The van der Waals surface area contributed by atoms with E-state index in [1.807, 2.05) is 31.2 Å². The number of hydrogen-bond donors (Lipinski definition) is 1. The Balaban J connectivity index is 1.68. The summed E-state index contributed by atoms with van der Waals surface area (Å²) in [6.45, 7) is 1.97. The van der Waals surface area contributed by atoms with E-state index in [9.17, 15) is 9.59 Å². The van der Waals surface area contributed by atoms with Gasteiger partial charge in [-0.15, -0.1) is 0 Å². The molecular weight excluding hydrogens is 350 g/mol. The molecule has 136 valence electrons. The molecule has 0 fully saturated rings. The number of benzene rings is 1. The van der Waals surface area contributed by atoms with Crippen LogP contribution >= 0.6 is 0 Å². The Morgan fingerprint density at radius 2 is 2.07 bits per heavy atom. The first-order chi connectivity index (χ1) is 13.2. The molecule has 0 spiro atoms. The molecule has 0 atom stereocenters. The molecule has 3 aromatic heterocycles. The van der Waals surface area contributed by atoms with Gasteiger partial charge in [-0.25, -0.2) is 14.5 Å². The van der Waals surface area contributed by atoms with Crippen molar-refractivity contribution in [2.75, 3.05) is 0 Å². The molecule has 4 aromatic rings. The maximum absolute atomic E-state index is 12.4. The number of hydrogen-bond acceptors (Lipinski definition) is 7. The number of aromatic nitrogens is 5. The van der Waals surface area contributed by atoms with Crippen molar-refractivity contribution in [1.29, 1.82) is 0 Å². The first-order valence-corrected chi connectivity index (χ1v) is 8.28. The zero-order valence-electron chi connectivity index (χ0n) is 14.4. The van der Waals surface area contributed by atoms with E-state index in [-0.39, 0.29) is 23.7 Å². The quantitative estimate of drug-likeness (QED) is 0.571. The van der Waals surface area contributed by atoms with Crippen LogP contribution in [0.1, 0.15) is 18.1 Å². The molecule has 9 nitrogen and oxygen atoms in total. The molecule has 0 aliphatic rings. The Morgan fingerprint density at radius 3 is 2.85 bits per heavy atom. The molecule has 0 amide bonds. The third-order valence-electron chi connectivity index (χ3n) is 4.08. The fourth-order valence-electron chi connectivity index (χ4n) is 2.81. The fourth-order valence-corrected chi connectivity index (χ4v) is 2.81. The minimum atomic E-state index is -0.556. The number of para-hydroxylation sites is 1. The van der Waals surface area contributed by atoms with Gasteiger partial charge in [0.05, 0.1) is 5.69 Å². The molecule has 0 saturated carbocycles. The van der Waals surface area contributed by atoms with Gasteiger partial charge in [0.25, 0.3) is 11.6 Å². The predicted molar refractivity (Wildman–Crippen MR) is 96.0 cm³/mol. The third-order valence-corrected chi connectivity index (χ3v) is 4.08. The van der Waals surface area contributed by atoms with E-state index in [1.54, 1.807) is 11.0 Å². The lowest BCUT2D eigenvalue weighted by atomic mass is 10.1. The third kappa shape index (κ3) is 3.22. The van der Waals surface area contributed by atoms with Gasteiger partial charge in [0.2, 0.25) is 5.71 Å². The molecule has 9 heteroatoms. The summed E-state index contributed by atoms with van der Waals surface area (Å²) >= 11 is 0. The summed E-state index contributed by atoms with van der Waals surface area (Å²) in [4.78, 5) is 34.7. The molecular formula is C18H15N5O4. The second-order valence-corrected chi connectivity index (χ2v) is 5.75. The number of H-pyrrole nitrogens is 1. The lowest BCUT2D eigenvalue weighted by molar-refractivity contribution is 0.279. The Hall–Kier alpha value is -3.75. The van der Waals surface area contributed by atoms with Crippen LogP contribution in [0.4, 0.5) is 0 Å². The first-order valence-electron chi connectivity index (χ1n) is 8.28. The number of nitrogens with zero attached hydrogens (tertiary/aromatic N) is 4. The fraction of sp³-hybridized carbons (Fsp3) is 0.167. The van der Waals surface area contributed by atoms with Gasteiger partial charge in [0, 0.05) is 11.6 Å². The summed E-state index contributed by atoms with van der Waals surface area (Å²) in [5, 5.41) is 4.37. The van der Waals surface area contributed by atoms with E-state index < -0.39 is 11.2 Å². The lowest BCUT2D eigenvalue weighted by Crippen LogP contribution is -2.15. The second-order valence-electron chi connectivity index (χ2n) is 5.75. The van der Waals surface area contributed by atoms with Crippen molar-refractivity contribution < 1.29 is 9.15 Å². The van der Waals surface area contributed by atoms with E-state index >= 15 is 0 Å². The maximum atomic E-state index is 12.4. The van der Waals surface area contributed by atoms with Gasteiger partial charge in [-0.3, -0.25) is 9.78 Å². The van der Waals surface area contributed by atoms with Gasteiger partial charge in [-0.1, -0.05) is 25.1 Å². The summed E-state index contributed by atoms with van der Waals surface area (Å²) in [5.41, 5.74) is 1.17. The molecule has 1 N–H and O–H groups in total. The highest BCUT2D eigenvalue weighted by Crippen LogP contribution is 2.17. The van der Waals surface area contributed by atoms with E-state index in [1.165, 1.54) is 12.4 Å². The lowest BCUT2D eigenvalue weighted by Gasteiger charge is -2.10. The molecule has 0 aliphatic carbocycles. The molecule has 27 heavy (non-hydrogen) atoms. The predicted octanol–water partition coefficient (Wildman–Crippen LogP) is 1.60. The van der Waals surface area contributed by atoms with Crippen LogP contribution in [0.2, 0.25) is 0 Å². The van der Waals surface area contributed by atoms with E-state index in [4.69, 9.17) is 9.15 Å². The van der Waals surface area contributed by atoms with Crippen molar-refractivity contribution in [3.05, 3.63) is 74.9 Å². The molecule has 0 radical (unpaired) electrons. The summed E-state index contributed by atoms with van der Waals surface area (Å²) in [6, 6.07) is 8.74. The monoisotopic (exact) mass is 365 g/mol. The van der Waals surface area contributed by atoms with Crippen molar-refractivity contribution in [3.8, 4) is 11.7 Å². The highest BCUT2D eigenvalue weighted by Gasteiger charge is 2.13. The van der Waals surface area contributed by atoms with Gasteiger partial charge in [0.15, 0.2) is 0 Å². The molecule has 0 aliphatic heterocycles. The number of ether oxygens (including phenoxy) is 1. The largest absolute Gasteiger partial charge is 0.460 e. The van der Waals surface area contributed by atoms with E-state index in [0.29, 0.717) is 12.0 Å². The summed E-state index contributed by atoms with van der Waals surface area (Å²) < 4.78 is 12.3. The molecule has 3 heterocycles. The molecule has 4 rings (SSSR count). The minimum absolute atomic E-state index is 0.0303. The van der Waals surface area contributed by atoms with Gasteiger partial charge in [-0.2, -0.15) is 10.1 Å². The van der Waals surface area contributed by atoms with Crippen molar-refractivity contribution in [1.82, 2.24) is 24.7 Å². The molecule has 0 saturated heterocycles. The highest BCUT2D eigenvalue weighted by atomic mass is 16.5. The Kier molecular flexibility index (Phi) is 4.25. The topological polar surface area (TPSA) is 116 Å². The summed E-state index contributed by atoms with van der Waals surface area (Å²) in [5.74, 6) is 0. The normalized spacial score (nSPS) is 11.0. The van der Waals surface area contributed by atoms with Crippen molar-refractivity contribution in [2.24, 2.45) is 0 Å². The van der Waals surface area contributed by atoms with Crippen LogP contribution in [0.3, 0.4) is 0 Å². The van der Waals surface area contributed by atoms with Gasteiger partial charge in [0.1, 0.15) is 24.6 Å². The van der Waals surface area contributed by atoms with Gasteiger partial charge < -0.3 is 9.15 Å². The molecule has 1 aromatic carbocycles. The molecule has 0 unspecified atom stereocenters. The number of rotatable bonds is 5.